The van der Waals surface area contributed by atoms with Gasteiger partial charge in [0.1, 0.15) is 10.8 Å². The van der Waals surface area contributed by atoms with Gasteiger partial charge in [0.15, 0.2) is 0 Å². The Morgan fingerprint density at radius 3 is 2.50 bits per heavy atom. The molecular weight excluding hydrogens is 335 g/mol. The first kappa shape index (κ1) is 16.2. The van der Waals surface area contributed by atoms with Crippen molar-refractivity contribution in [1.29, 1.82) is 0 Å². The number of nitro benzene ring substituents is 1. The summed E-state index contributed by atoms with van der Waals surface area (Å²) >= 11 is 5.65. The maximum atomic E-state index is 13.5. The number of nitrogens with one attached hydrogen (secondary N) is 1. The zero-order chi connectivity index (χ0) is 16.5. The van der Waals surface area contributed by atoms with Crippen molar-refractivity contribution in [2.45, 2.75) is 11.8 Å². The van der Waals surface area contributed by atoms with Crippen molar-refractivity contribution in [2.24, 2.45) is 0 Å². The van der Waals surface area contributed by atoms with E-state index in [9.17, 15) is 22.9 Å². The Labute approximate surface area is 130 Å². The van der Waals surface area contributed by atoms with E-state index in [1.165, 1.54) is 31.2 Å². The number of anilines is 1. The third-order valence-electron chi connectivity index (χ3n) is 2.85. The SMILES string of the molecule is Cc1ccc(S(=O)(=O)Nc2ccc(Cl)c([N+](=O)[O-])c2)cc1F. The summed E-state index contributed by atoms with van der Waals surface area (Å²) in [6, 6.07) is 6.91. The van der Waals surface area contributed by atoms with Gasteiger partial charge in [-0.1, -0.05) is 17.7 Å². The number of nitro groups is 1. The highest BCUT2D eigenvalue weighted by atomic mass is 35.5. The summed E-state index contributed by atoms with van der Waals surface area (Å²) in [6.07, 6.45) is 0. The van der Waals surface area contributed by atoms with Crippen molar-refractivity contribution >= 4 is 33.0 Å². The molecule has 0 amide bonds. The fraction of sp³-hybridized carbons (Fsp3) is 0.0769. The zero-order valence-electron chi connectivity index (χ0n) is 11.2. The summed E-state index contributed by atoms with van der Waals surface area (Å²) in [7, 11) is -4.06. The van der Waals surface area contributed by atoms with E-state index in [1.807, 2.05) is 0 Å². The van der Waals surface area contributed by atoms with Crippen LogP contribution >= 0.6 is 11.6 Å². The topological polar surface area (TPSA) is 89.3 Å². The van der Waals surface area contributed by atoms with E-state index < -0.39 is 26.5 Å². The van der Waals surface area contributed by atoms with Crippen LogP contribution in [0.25, 0.3) is 0 Å². The molecule has 0 unspecified atom stereocenters. The van der Waals surface area contributed by atoms with Crippen molar-refractivity contribution in [1.82, 2.24) is 0 Å². The van der Waals surface area contributed by atoms with Gasteiger partial charge in [0.2, 0.25) is 0 Å². The fourth-order valence-corrected chi connectivity index (χ4v) is 2.92. The molecule has 2 aromatic rings. The first-order valence-corrected chi connectivity index (χ1v) is 7.80. The molecule has 0 radical (unpaired) electrons. The van der Waals surface area contributed by atoms with Gasteiger partial charge < -0.3 is 0 Å². The summed E-state index contributed by atoms with van der Waals surface area (Å²) in [5, 5.41) is 10.7. The van der Waals surface area contributed by atoms with Gasteiger partial charge in [-0.05, 0) is 36.8 Å². The van der Waals surface area contributed by atoms with Gasteiger partial charge in [0.25, 0.3) is 15.7 Å². The van der Waals surface area contributed by atoms with Crippen LogP contribution in [0.15, 0.2) is 41.3 Å². The van der Waals surface area contributed by atoms with Gasteiger partial charge in [-0.15, -0.1) is 0 Å². The lowest BCUT2D eigenvalue weighted by molar-refractivity contribution is -0.384. The molecular formula is C13H10ClFN2O4S. The fourth-order valence-electron chi connectivity index (χ4n) is 1.67. The van der Waals surface area contributed by atoms with Gasteiger partial charge >= 0.3 is 0 Å². The van der Waals surface area contributed by atoms with Gasteiger partial charge in [0.05, 0.1) is 15.5 Å². The van der Waals surface area contributed by atoms with Crippen molar-refractivity contribution in [3.05, 3.63) is 62.9 Å². The molecule has 0 aliphatic heterocycles. The molecule has 0 heterocycles. The average molecular weight is 345 g/mol. The van der Waals surface area contributed by atoms with Crippen LogP contribution in [-0.2, 0) is 10.0 Å². The number of hydrogen-bond acceptors (Lipinski definition) is 4. The molecule has 2 rings (SSSR count). The second-order valence-corrected chi connectivity index (χ2v) is 6.53. The Kier molecular flexibility index (Phi) is 4.34. The number of aryl methyl sites for hydroxylation is 1. The van der Waals surface area contributed by atoms with E-state index in [4.69, 9.17) is 11.6 Å². The van der Waals surface area contributed by atoms with Crippen molar-refractivity contribution < 1.29 is 17.7 Å². The molecule has 2 aromatic carbocycles. The highest BCUT2D eigenvalue weighted by Gasteiger charge is 2.19. The minimum absolute atomic E-state index is 0.0444. The molecule has 0 bridgehead atoms. The first-order chi connectivity index (χ1) is 10.2. The van der Waals surface area contributed by atoms with Crippen molar-refractivity contribution in [3.63, 3.8) is 0 Å². The van der Waals surface area contributed by atoms with Gasteiger partial charge in [-0.2, -0.15) is 0 Å². The number of sulfonamides is 1. The average Bonchev–Trinajstić information content (AvgIpc) is 2.43. The maximum Gasteiger partial charge on any atom is 0.289 e. The monoisotopic (exact) mass is 344 g/mol. The van der Waals surface area contributed by atoms with E-state index in [2.05, 4.69) is 4.72 Å². The molecule has 0 saturated carbocycles. The predicted octanol–water partition coefficient (Wildman–Crippen LogP) is 3.50. The summed E-state index contributed by atoms with van der Waals surface area (Å²) in [5.41, 5.74) is -0.171. The zero-order valence-corrected chi connectivity index (χ0v) is 12.8. The largest absolute Gasteiger partial charge is 0.289 e. The number of rotatable bonds is 4. The molecule has 0 aromatic heterocycles. The Morgan fingerprint density at radius 1 is 1.23 bits per heavy atom. The molecule has 0 spiro atoms. The predicted molar refractivity (Wildman–Crippen MR) is 80.1 cm³/mol. The number of benzene rings is 2. The molecule has 0 aliphatic rings. The van der Waals surface area contributed by atoms with E-state index in [0.29, 0.717) is 5.56 Å². The second kappa shape index (κ2) is 5.90. The highest BCUT2D eigenvalue weighted by Crippen LogP contribution is 2.28. The summed E-state index contributed by atoms with van der Waals surface area (Å²) < 4.78 is 39.9. The Morgan fingerprint density at radius 2 is 1.91 bits per heavy atom. The van der Waals surface area contributed by atoms with Crippen molar-refractivity contribution in [3.8, 4) is 0 Å². The van der Waals surface area contributed by atoms with Crippen LogP contribution in [0, 0.1) is 22.9 Å². The summed E-state index contributed by atoms with van der Waals surface area (Å²) in [6.45, 7) is 1.50. The maximum absolute atomic E-state index is 13.5. The Hall–Kier alpha value is -2.19. The van der Waals surface area contributed by atoms with Crippen molar-refractivity contribution in [2.75, 3.05) is 4.72 Å². The molecule has 0 saturated heterocycles. The third-order valence-corrected chi connectivity index (χ3v) is 4.55. The molecule has 1 N–H and O–H groups in total. The lowest BCUT2D eigenvalue weighted by Gasteiger charge is -2.09. The second-order valence-electron chi connectivity index (χ2n) is 4.44. The number of hydrogen-bond donors (Lipinski definition) is 1. The van der Waals surface area contributed by atoms with Crippen LogP contribution in [0.1, 0.15) is 5.56 Å². The molecule has 0 fully saturated rings. The van der Waals surface area contributed by atoms with Crippen LogP contribution < -0.4 is 4.72 Å². The van der Waals surface area contributed by atoms with Crippen LogP contribution in [0.3, 0.4) is 0 Å². The Bertz CT molecular complexity index is 855. The normalized spacial score (nSPS) is 11.2. The smallest absolute Gasteiger partial charge is 0.279 e. The highest BCUT2D eigenvalue weighted by molar-refractivity contribution is 7.92. The quantitative estimate of drug-likeness (QED) is 0.679. The van der Waals surface area contributed by atoms with Gasteiger partial charge in [-0.25, -0.2) is 12.8 Å². The summed E-state index contributed by atoms with van der Waals surface area (Å²) in [4.78, 5) is 9.77. The number of nitrogens with zero attached hydrogens (tertiary/aromatic N) is 1. The standard InChI is InChI=1S/C13H10ClFN2O4S/c1-8-2-4-10(7-12(8)15)22(20,21)16-9-3-5-11(14)13(6-9)17(18)19/h2-7,16H,1H3. The molecule has 116 valence electrons. The van der Waals surface area contributed by atoms with Crippen LogP contribution in [0.4, 0.5) is 15.8 Å². The molecule has 0 atom stereocenters. The van der Waals surface area contributed by atoms with E-state index >= 15 is 0 Å². The third kappa shape index (κ3) is 3.34. The lowest BCUT2D eigenvalue weighted by atomic mass is 10.2. The van der Waals surface area contributed by atoms with Gasteiger partial charge in [-0.3, -0.25) is 14.8 Å². The minimum Gasteiger partial charge on any atom is -0.279 e. The van der Waals surface area contributed by atoms with Crippen LogP contribution in [0.2, 0.25) is 5.02 Å². The van der Waals surface area contributed by atoms with Crippen LogP contribution in [-0.4, -0.2) is 13.3 Å². The van der Waals surface area contributed by atoms with E-state index in [-0.39, 0.29) is 15.6 Å². The molecule has 6 nitrogen and oxygen atoms in total. The minimum atomic E-state index is -4.06. The van der Waals surface area contributed by atoms with E-state index in [1.54, 1.807) is 0 Å². The Balaban J connectivity index is 2.38. The van der Waals surface area contributed by atoms with Crippen LogP contribution in [0.5, 0.6) is 0 Å². The molecule has 9 heteroatoms. The first-order valence-electron chi connectivity index (χ1n) is 5.93. The molecule has 22 heavy (non-hydrogen) atoms. The molecule has 0 aliphatic carbocycles. The lowest BCUT2D eigenvalue weighted by Crippen LogP contribution is -2.13. The van der Waals surface area contributed by atoms with Gasteiger partial charge in [0, 0.05) is 6.07 Å². The van der Waals surface area contributed by atoms with E-state index in [0.717, 1.165) is 12.1 Å². The number of halogens is 2. The summed E-state index contributed by atoms with van der Waals surface area (Å²) in [5.74, 6) is -0.662.